The van der Waals surface area contributed by atoms with Gasteiger partial charge in [0.1, 0.15) is 0 Å². The number of nitrogens with zero attached hydrogens (tertiary/aromatic N) is 1. The van der Waals surface area contributed by atoms with Crippen molar-refractivity contribution in [3.8, 4) is 0 Å². The van der Waals surface area contributed by atoms with Crippen LogP contribution in [0.4, 0.5) is 4.79 Å². The summed E-state index contributed by atoms with van der Waals surface area (Å²) in [5.41, 5.74) is 0.419. The number of hydrogen-bond donors (Lipinski definition) is 2. The third-order valence-electron chi connectivity index (χ3n) is 3.48. The van der Waals surface area contributed by atoms with Crippen molar-refractivity contribution in [2.75, 3.05) is 32.7 Å². The van der Waals surface area contributed by atoms with Crippen molar-refractivity contribution in [1.82, 2.24) is 15.5 Å². The van der Waals surface area contributed by atoms with Crippen LogP contribution in [0.2, 0.25) is 0 Å². The summed E-state index contributed by atoms with van der Waals surface area (Å²) in [6.07, 6.45) is 3.44. The molecule has 0 atom stereocenters. The summed E-state index contributed by atoms with van der Waals surface area (Å²) in [4.78, 5) is 13.6. The van der Waals surface area contributed by atoms with E-state index in [2.05, 4.69) is 17.6 Å². The van der Waals surface area contributed by atoms with E-state index < -0.39 is 0 Å². The molecule has 0 aromatic carbocycles. The lowest BCUT2D eigenvalue weighted by Gasteiger charge is -2.47. The fourth-order valence-electron chi connectivity index (χ4n) is 2.46. The minimum Gasteiger partial charge on any atom is -0.338 e. The monoisotopic (exact) mass is 211 g/mol. The lowest BCUT2D eigenvalue weighted by Crippen LogP contribution is -2.61. The minimum atomic E-state index is 0.126. The molecule has 4 nitrogen and oxygen atoms in total. The van der Waals surface area contributed by atoms with Gasteiger partial charge in [0.2, 0.25) is 0 Å². The molecular formula is C11H21N3O. The molecule has 0 saturated carbocycles. The predicted octanol–water partition coefficient (Wildman–Crippen LogP) is 0.791. The lowest BCUT2D eigenvalue weighted by molar-refractivity contribution is 0.0479. The van der Waals surface area contributed by atoms with Gasteiger partial charge in [0.25, 0.3) is 0 Å². The molecule has 2 saturated heterocycles. The van der Waals surface area contributed by atoms with Gasteiger partial charge < -0.3 is 15.5 Å². The van der Waals surface area contributed by atoms with E-state index in [0.29, 0.717) is 5.41 Å². The molecule has 2 aliphatic heterocycles. The Morgan fingerprint density at radius 3 is 2.93 bits per heavy atom. The Morgan fingerprint density at radius 2 is 2.33 bits per heavy atom. The van der Waals surface area contributed by atoms with E-state index in [1.165, 1.54) is 6.42 Å². The number of likely N-dealkylation sites (tertiary alicyclic amines) is 1. The highest BCUT2D eigenvalue weighted by atomic mass is 16.2. The Bertz CT molecular complexity index is 228. The Morgan fingerprint density at radius 1 is 1.53 bits per heavy atom. The Balaban J connectivity index is 1.67. The van der Waals surface area contributed by atoms with Gasteiger partial charge in [-0.05, 0) is 19.4 Å². The van der Waals surface area contributed by atoms with Gasteiger partial charge >= 0.3 is 6.03 Å². The van der Waals surface area contributed by atoms with E-state index >= 15 is 0 Å². The molecule has 2 heterocycles. The fraction of sp³-hybridized carbons (Fsp3) is 0.909. The molecule has 2 aliphatic rings. The van der Waals surface area contributed by atoms with Crippen LogP contribution in [0.25, 0.3) is 0 Å². The van der Waals surface area contributed by atoms with Crippen molar-refractivity contribution in [1.29, 1.82) is 0 Å². The van der Waals surface area contributed by atoms with E-state index in [1.807, 2.05) is 4.90 Å². The summed E-state index contributed by atoms with van der Waals surface area (Å²) < 4.78 is 0. The van der Waals surface area contributed by atoms with Crippen LogP contribution in [-0.4, -0.2) is 43.7 Å². The first-order valence-electron chi connectivity index (χ1n) is 5.99. The molecular weight excluding hydrogens is 190 g/mol. The highest BCUT2D eigenvalue weighted by Gasteiger charge is 2.46. The normalized spacial score (nSPS) is 22.9. The first-order chi connectivity index (χ1) is 7.26. The molecule has 86 valence electrons. The number of carbonyl (C=O) groups excluding carboxylic acids is 1. The van der Waals surface area contributed by atoms with Crippen molar-refractivity contribution in [3.63, 3.8) is 0 Å². The average Bonchev–Trinajstić information content (AvgIpc) is 2.64. The molecule has 0 aromatic heterocycles. The summed E-state index contributed by atoms with van der Waals surface area (Å²) in [6.45, 7) is 7.04. The van der Waals surface area contributed by atoms with E-state index in [0.717, 1.165) is 45.6 Å². The van der Waals surface area contributed by atoms with Gasteiger partial charge in [0.15, 0.2) is 0 Å². The maximum atomic E-state index is 11.6. The van der Waals surface area contributed by atoms with Crippen LogP contribution >= 0.6 is 0 Å². The SMILES string of the molecule is CCCCNC(=O)N1CC2(CCNC2)C1. The van der Waals surface area contributed by atoms with Crippen LogP contribution in [-0.2, 0) is 0 Å². The van der Waals surface area contributed by atoms with Crippen molar-refractivity contribution in [2.24, 2.45) is 5.41 Å². The van der Waals surface area contributed by atoms with E-state index in [9.17, 15) is 4.79 Å². The second-order valence-electron chi connectivity index (χ2n) is 4.87. The van der Waals surface area contributed by atoms with Crippen LogP contribution in [0.15, 0.2) is 0 Å². The molecule has 0 aliphatic carbocycles. The highest BCUT2D eigenvalue weighted by molar-refractivity contribution is 5.75. The molecule has 2 rings (SSSR count). The molecule has 0 aromatic rings. The molecule has 2 fully saturated rings. The number of rotatable bonds is 3. The fourth-order valence-corrected chi connectivity index (χ4v) is 2.46. The topological polar surface area (TPSA) is 44.4 Å². The van der Waals surface area contributed by atoms with Crippen molar-refractivity contribution in [2.45, 2.75) is 26.2 Å². The standard InChI is InChI=1S/C11H21N3O/c1-2-3-5-13-10(15)14-8-11(9-14)4-6-12-7-11/h12H,2-9H2,1H3,(H,13,15). The quantitative estimate of drug-likeness (QED) is 0.678. The zero-order chi connectivity index (χ0) is 10.7. The van der Waals surface area contributed by atoms with E-state index in [1.54, 1.807) is 0 Å². The van der Waals surface area contributed by atoms with Gasteiger partial charge in [-0.3, -0.25) is 0 Å². The lowest BCUT2D eigenvalue weighted by atomic mass is 9.79. The Hall–Kier alpha value is -0.770. The van der Waals surface area contributed by atoms with Crippen LogP contribution in [0.1, 0.15) is 26.2 Å². The van der Waals surface area contributed by atoms with Gasteiger partial charge in [-0.1, -0.05) is 13.3 Å². The van der Waals surface area contributed by atoms with Gasteiger partial charge in [-0.15, -0.1) is 0 Å². The molecule has 2 amide bonds. The first kappa shape index (κ1) is 10.7. The molecule has 0 bridgehead atoms. The van der Waals surface area contributed by atoms with E-state index in [-0.39, 0.29) is 6.03 Å². The Labute approximate surface area is 91.4 Å². The molecule has 4 heteroatoms. The summed E-state index contributed by atoms with van der Waals surface area (Å²) in [5.74, 6) is 0. The zero-order valence-corrected chi connectivity index (χ0v) is 9.51. The second kappa shape index (κ2) is 4.39. The number of carbonyl (C=O) groups is 1. The first-order valence-corrected chi connectivity index (χ1v) is 5.99. The highest BCUT2D eigenvalue weighted by Crippen LogP contribution is 2.35. The number of unbranched alkanes of at least 4 members (excludes halogenated alkanes) is 1. The van der Waals surface area contributed by atoms with Crippen molar-refractivity contribution >= 4 is 6.03 Å². The van der Waals surface area contributed by atoms with Crippen LogP contribution in [0.3, 0.4) is 0 Å². The third kappa shape index (κ3) is 2.25. The van der Waals surface area contributed by atoms with Gasteiger partial charge in [-0.2, -0.15) is 0 Å². The van der Waals surface area contributed by atoms with Crippen LogP contribution in [0.5, 0.6) is 0 Å². The smallest absolute Gasteiger partial charge is 0.317 e. The number of amides is 2. The van der Waals surface area contributed by atoms with Crippen molar-refractivity contribution < 1.29 is 4.79 Å². The maximum absolute atomic E-state index is 11.6. The number of urea groups is 1. The molecule has 1 spiro atoms. The van der Waals surface area contributed by atoms with Gasteiger partial charge in [0, 0.05) is 31.6 Å². The largest absolute Gasteiger partial charge is 0.338 e. The summed E-state index contributed by atoms with van der Waals surface area (Å²) >= 11 is 0. The zero-order valence-electron chi connectivity index (χ0n) is 9.51. The Kier molecular flexibility index (Phi) is 3.14. The van der Waals surface area contributed by atoms with Crippen LogP contribution in [0, 0.1) is 5.41 Å². The third-order valence-corrected chi connectivity index (χ3v) is 3.48. The summed E-state index contributed by atoms with van der Waals surface area (Å²) in [7, 11) is 0. The number of hydrogen-bond acceptors (Lipinski definition) is 2. The van der Waals surface area contributed by atoms with Gasteiger partial charge in [0.05, 0.1) is 0 Å². The van der Waals surface area contributed by atoms with Gasteiger partial charge in [-0.25, -0.2) is 4.79 Å². The molecule has 15 heavy (non-hydrogen) atoms. The predicted molar refractivity (Wildman–Crippen MR) is 59.8 cm³/mol. The average molecular weight is 211 g/mol. The van der Waals surface area contributed by atoms with Crippen molar-refractivity contribution in [3.05, 3.63) is 0 Å². The molecule has 2 N–H and O–H groups in total. The molecule has 0 radical (unpaired) electrons. The second-order valence-corrected chi connectivity index (χ2v) is 4.87. The molecule has 0 unspecified atom stereocenters. The summed E-state index contributed by atoms with van der Waals surface area (Å²) in [5, 5.41) is 6.33. The number of nitrogens with one attached hydrogen (secondary N) is 2. The maximum Gasteiger partial charge on any atom is 0.317 e. The summed E-state index contributed by atoms with van der Waals surface area (Å²) in [6, 6.07) is 0.126. The minimum absolute atomic E-state index is 0.126. The van der Waals surface area contributed by atoms with Crippen LogP contribution < -0.4 is 10.6 Å². The van der Waals surface area contributed by atoms with E-state index in [4.69, 9.17) is 0 Å².